The molecule has 0 saturated carbocycles. The van der Waals surface area contributed by atoms with Crippen molar-refractivity contribution in [2.24, 2.45) is 0 Å². The molecule has 8 nitrogen and oxygen atoms in total. The molecule has 0 radical (unpaired) electrons. The van der Waals surface area contributed by atoms with Gasteiger partial charge in [0, 0.05) is 20.9 Å². The Morgan fingerprint density at radius 3 is 1.39 bits per heavy atom. The van der Waals surface area contributed by atoms with E-state index in [1.54, 1.807) is 48.5 Å². The van der Waals surface area contributed by atoms with Crippen LogP contribution in [0.15, 0.2) is 94.7 Å². The lowest BCUT2D eigenvalue weighted by Crippen LogP contribution is -2.04. The molecule has 2 N–H and O–H groups in total. The Kier molecular flexibility index (Phi) is 5.80. The average molecular weight is 509 g/mol. The van der Waals surface area contributed by atoms with Crippen molar-refractivity contribution < 1.29 is 9.59 Å². The Morgan fingerprint density at radius 2 is 0.917 bits per heavy atom. The molecule has 0 fully saturated rings. The molecule has 0 aliphatic heterocycles. The number of hydrogen-bond donors (Lipinski definition) is 2. The fourth-order valence-corrected chi connectivity index (χ4v) is 6.30. The van der Waals surface area contributed by atoms with Crippen LogP contribution in [0.4, 0.5) is 0 Å². The third-order valence-corrected chi connectivity index (χ3v) is 8.15. The Bertz CT molecular complexity index is 1630. The second-order valence-electron chi connectivity index (χ2n) is 7.81. The highest BCUT2D eigenvalue weighted by atomic mass is 33.1. The zero-order valence-corrected chi connectivity index (χ0v) is 20.1. The molecule has 6 aromatic rings. The number of nitrogens with one attached hydrogen (secondary N) is 2. The monoisotopic (exact) mass is 508 g/mol. The van der Waals surface area contributed by atoms with Crippen molar-refractivity contribution in [1.82, 2.24) is 30.8 Å². The number of nitrogens with zero attached hydrogens (tertiary/aromatic N) is 4. The molecular weight excluding hydrogens is 492 g/mol. The van der Waals surface area contributed by atoms with Crippen molar-refractivity contribution in [2.75, 3.05) is 0 Å². The SMILES string of the molecule is O=C(c1ccccc1SSc1ccccc1C(=O)c1cccc2n[nH]nc12)c1cccc2n[nH]nc12. The zero-order valence-electron chi connectivity index (χ0n) is 18.5. The van der Waals surface area contributed by atoms with Crippen LogP contribution in [0.25, 0.3) is 22.1 Å². The minimum absolute atomic E-state index is 0.139. The Labute approximate surface area is 212 Å². The maximum absolute atomic E-state index is 13.5. The molecule has 36 heavy (non-hydrogen) atoms. The summed E-state index contributed by atoms with van der Waals surface area (Å²) in [4.78, 5) is 28.5. The standard InChI is InChI=1S/C26H16N6O2S2/c33-25(17-9-5-11-19-23(17)29-31-27-19)15-7-1-3-13-21(15)35-36-22-14-4-2-8-16(22)26(34)18-10-6-12-20-24(18)30-32-28-20/h1-14H,(H,27,29,31)(H,28,30,32). The van der Waals surface area contributed by atoms with Crippen LogP contribution >= 0.6 is 21.6 Å². The first-order valence-corrected chi connectivity index (χ1v) is 13.1. The van der Waals surface area contributed by atoms with Crippen molar-refractivity contribution in [2.45, 2.75) is 9.79 Å². The van der Waals surface area contributed by atoms with Gasteiger partial charge in [-0.05, 0) is 48.5 Å². The predicted molar refractivity (Wildman–Crippen MR) is 139 cm³/mol. The number of ketones is 2. The summed E-state index contributed by atoms with van der Waals surface area (Å²) < 4.78 is 0. The van der Waals surface area contributed by atoms with Gasteiger partial charge in [0.25, 0.3) is 0 Å². The maximum atomic E-state index is 13.5. The van der Waals surface area contributed by atoms with E-state index in [0.29, 0.717) is 44.3 Å². The fraction of sp³-hybridized carbons (Fsp3) is 0. The minimum Gasteiger partial charge on any atom is -0.288 e. The molecule has 0 aliphatic rings. The van der Waals surface area contributed by atoms with Crippen LogP contribution in [-0.2, 0) is 0 Å². The third kappa shape index (κ3) is 3.96. The van der Waals surface area contributed by atoms with Gasteiger partial charge in [-0.3, -0.25) is 9.59 Å². The molecule has 2 aromatic heterocycles. The molecule has 0 saturated heterocycles. The summed E-state index contributed by atoms with van der Waals surface area (Å²) in [5.74, 6) is -0.277. The summed E-state index contributed by atoms with van der Waals surface area (Å²) in [5, 5.41) is 21.6. The van der Waals surface area contributed by atoms with E-state index in [0.717, 1.165) is 9.79 Å². The van der Waals surface area contributed by atoms with Crippen LogP contribution in [0.3, 0.4) is 0 Å². The van der Waals surface area contributed by atoms with Gasteiger partial charge in [0.05, 0.1) is 11.1 Å². The van der Waals surface area contributed by atoms with Gasteiger partial charge < -0.3 is 0 Å². The normalized spacial score (nSPS) is 11.2. The topological polar surface area (TPSA) is 117 Å². The molecule has 4 aromatic carbocycles. The summed E-state index contributed by atoms with van der Waals surface area (Å²) in [5.41, 5.74) is 4.42. The van der Waals surface area contributed by atoms with Crippen molar-refractivity contribution >= 4 is 55.2 Å². The molecule has 6 rings (SSSR count). The van der Waals surface area contributed by atoms with Gasteiger partial charge in [-0.2, -0.15) is 30.8 Å². The number of H-pyrrole nitrogens is 2. The number of aromatic amines is 2. The van der Waals surface area contributed by atoms with E-state index in [9.17, 15) is 9.59 Å². The van der Waals surface area contributed by atoms with E-state index in [-0.39, 0.29) is 11.6 Å². The maximum Gasteiger partial charge on any atom is 0.196 e. The summed E-state index contributed by atoms with van der Waals surface area (Å²) in [6.07, 6.45) is 0. The zero-order chi connectivity index (χ0) is 24.5. The van der Waals surface area contributed by atoms with E-state index >= 15 is 0 Å². The van der Waals surface area contributed by atoms with Gasteiger partial charge in [0.15, 0.2) is 11.6 Å². The van der Waals surface area contributed by atoms with E-state index in [1.165, 1.54) is 21.6 Å². The third-order valence-electron chi connectivity index (χ3n) is 5.67. The molecule has 10 heteroatoms. The van der Waals surface area contributed by atoms with Gasteiger partial charge in [0.1, 0.15) is 22.1 Å². The lowest BCUT2D eigenvalue weighted by atomic mass is 10.0. The van der Waals surface area contributed by atoms with Crippen LogP contribution in [0.1, 0.15) is 31.8 Å². The first kappa shape index (κ1) is 22.2. The molecular formula is C26H16N6O2S2. The molecule has 0 amide bonds. The lowest BCUT2D eigenvalue weighted by molar-refractivity contribution is 0.102. The molecule has 0 aliphatic carbocycles. The second kappa shape index (κ2) is 9.40. The van der Waals surface area contributed by atoms with Crippen LogP contribution < -0.4 is 0 Å². The highest BCUT2D eigenvalue weighted by Gasteiger charge is 2.21. The first-order valence-electron chi connectivity index (χ1n) is 10.9. The fourth-order valence-electron chi connectivity index (χ4n) is 3.94. The van der Waals surface area contributed by atoms with E-state index in [1.807, 2.05) is 36.4 Å². The van der Waals surface area contributed by atoms with Gasteiger partial charge in [0.2, 0.25) is 0 Å². The van der Waals surface area contributed by atoms with Crippen molar-refractivity contribution in [3.05, 3.63) is 107 Å². The van der Waals surface area contributed by atoms with Crippen molar-refractivity contribution in [1.29, 1.82) is 0 Å². The Hall–Kier alpha value is -4.28. The largest absolute Gasteiger partial charge is 0.288 e. The van der Waals surface area contributed by atoms with Crippen LogP contribution in [-0.4, -0.2) is 42.4 Å². The molecule has 174 valence electrons. The number of rotatable bonds is 7. The summed E-state index contributed by atoms with van der Waals surface area (Å²) in [6, 6.07) is 25.5. The highest BCUT2D eigenvalue weighted by Crippen LogP contribution is 2.41. The van der Waals surface area contributed by atoms with E-state index < -0.39 is 0 Å². The van der Waals surface area contributed by atoms with Gasteiger partial charge >= 0.3 is 0 Å². The molecule has 0 unspecified atom stereocenters. The quantitative estimate of drug-likeness (QED) is 0.215. The van der Waals surface area contributed by atoms with E-state index in [4.69, 9.17) is 0 Å². The van der Waals surface area contributed by atoms with Gasteiger partial charge in [-0.15, -0.1) is 0 Å². The van der Waals surface area contributed by atoms with Gasteiger partial charge in [-0.1, -0.05) is 58.0 Å². The summed E-state index contributed by atoms with van der Waals surface area (Å²) in [7, 11) is 2.86. The van der Waals surface area contributed by atoms with Crippen LogP contribution in [0, 0.1) is 0 Å². The highest BCUT2D eigenvalue weighted by molar-refractivity contribution is 8.76. The number of hydrogen-bond acceptors (Lipinski definition) is 8. The Balaban J connectivity index is 1.31. The number of benzene rings is 4. The van der Waals surface area contributed by atoms with Crippen molar-refractivity contribution in [3.63, 3.8) is 0 Å². The van der Waals surface area contributed by atoms with E-state index in [2.05, 4.69) is 30.8 Å². The summed E-state index contributed by atoms with van der Waals surface area (Å²) in [6.45, 7) is 0. The number of carbonyl (C=O) groups excluding carboxylic acids is 2. The van der Waals surface area contributed by atoms with Gasteiger partial charge in [-0.25, -0.2) is 0 Å². The molecule has 0 bridgehead atoms. The average Bonchev–Trinajstić information content (AvgIpc) is 3.61. The predicted octanol–water partition coefficient (Wildman–Crippen LogP) is 5.49. The lowest BCUT2D eigenvalue weighted by Gasteiger charge is -2.11. The number of aromatic nitrogens is 6. The van der Waals surface area contributed by atoms with Crippen LogP contribution in [0.2, 0.25) is 0 Å². The van der Waals surface area contributed by atoms with Crippen LogP contribution in [0.5, 0.6) is 0 Å². The Morgan fingerprint density at radius 1 is 0.500 bits per heavy atom. The molecule has 0 atom stereocenters. The first-order chi connectivity index (χ1) is 17.7. The van der Waals surface area contributed by atoms with Crippen molar-refractivity contribution in [3.8, 4) is 0 Å². The number of carbonyl (C=O) groups is 2. The minimum atomic E-state index is -0.139. The number of fused-ring (bicyclic) bond motifs is 2. The smallest absolute Gasteiger partial charge is 0.196 e. The second-order valence-corrected chi connectivity index (χ2v) is 10.0. The summed E-state index contributed by atoms with van der Waals surface area (Å²) >= 11 is 0. The molecule has 0 spiro atoms. The number of para-hydroxylation sites is 2. The molecule has 2 heterocycles.